The average molecular weight is 479 g/mol. The van der Waals surface area contributed by atoms with Crippen molar-refractivity contribution in [2.45, 2.75) is 64.8 Å². The van der Waals surface area contributed by atoms with E-state index in [-0.39, 0.29) is 30.3 Å². The Kier molecular flexibility index (Phi) is 10.1. The number of rotatable bonds is 11. The number of benzene rings is 2. The molecule has 0 spiro atoms. The fraction of sp³-hybridized carbons (Fsp3) is 0.464. The molecule has 1 fully saturated rings. The van der Waals surface area contributed by atoms with E-state index in [1.807, 2.05) is 17.0 Å². The van der Waals surface area contributed by atoms with Crippen molar-refractivity contribution in [3.63, 3.8) is 0 Å². The summed E-state index contributed by atoms with van der Waals surface area (Å²) in [5, 5.41) is 9.04. The van der Waals surface area contributed by atoms with Gasteiger partial charge in [0.05, 0.1) is 6.54 Å². The molecule has 3 amide bonds. The fourth-order valence-electron chi connectivity index (χ4n) is 4.41. The van der Waals surface area contributed by atoms with E-state index < -0.39 is 0 Å². The summed E-state index contributed by atoms with van der Waals surface area (Å²) < 4.78 is 0. The van der Waals surface area contributed by atoms with Gasteiger partial charge < -0.3 is 20.9 Å². The van der Waals surface area contributed by atoms with E-state index in [2.05, 4.69) is 29.8 Å². The van der Waals surface area contributed by atoms with Crippen LogP contribution in [0.4, 0.5) is 11.4 Å². The van der Waals surface area contributed by atoms with Crippen molar-refractivity contribution in [3.8, 4) is 0 Å². The van der Waals surface area contributed by atoms with Crippen LogP contribution >= 0.6 is 0 Å². The summed E-state index contributed by atoms with van der Waals surface area (Å²) in [5.74, 6) is -0.267. The molecule has 1 aliphatic rings. The molecule has 35 heavy (non-hydrogen) atoms. The number of nitrogens with zero attached hydrogens (tertiary/aromatic N) is 1. The molecule has 1 saturated carbocycles. The summed E-state index contributed by atoms with van der Waals surface area (Å²) in [6.45, 7) is 5.65. The molecule has 0 radical (unpaired) electrons. The van der Waals surface area contributed by atoms with Crippen LogP contribution < -0.4 is 16.0 Å². The van der Waals surface area contributed by atoms with Gasteiger partial charge in [0.25, 0.3) is 11.8 Å². The van der Waals surface area contributed by atoms with E-state index in [0.717, 1.165) is 38.8 Å². The van der Waals surface area contributed by atoms with Gasteiger partial charge in [0.2, 0.25) is 5.91 Å². The van der Waals surface area contributed by atoms with Crippen molar-refractivity contribution >= 4 is 29.1 Å². The number of anilines is 2. The summed E-state index contributed by atoms with van der Waals surface area (Å²) in [6, 6.07) is 14.5. The maximum atomic E-state index is 12.8. The SMILES string of the molecule is CCCN(CCC)C(=O)c1cccc(NCC(=O)Nc2ccc(C(=O)NC3CCCCC3)cc2)c1. The van der Waals surface area contributed by atoms with Gasteiger partial charge in [0.15, 0.2) is 0 Å². The highest BCUT2D eigenvalue weighted by atomic mass is 16.2. The van der Waals surface area contributed by atoms with Gasteiger partial charge in [0, 0.05) is 41.6 Å². The molecule has 3 rings (SSSR count). The molecule has 0 heterocycles. The highest BCUT2D eigenvalue weighted by Gasteiger charge is 2.17. The Balaban J connectivity index is 1.49. The molecule has 2 aromatic carbocycles. The van der Waals surface area contributed by atoms with E-state index in [0.29, 0.717) is 22.5 Å². The van der Waals surface area contributed by atoms with Crippen LogP contribution in [0.1, 0.15) is 79.5 Å². The molecular weight excluding hydrogens is 440 g/mol. The molecule has 0 atom stereocenters. The maximum absolute atomic E-state index is 12.8. The first kappa shape index (κ1) is 26.3. The Bertz CT molecular complexity index is 978. The number of carbonyl (C=O) groups excluding carboxylic acids is 3. The Morgan fingerprint density at radius 1 is 0.857 bits per heavy atom. The number of hydrogen-bond donors (Lipinski definition) is 3. The van der Waals surface area contributed by atoms with Crippen molar-refractivity contribution in [3.05, 3.63) is 59.7 Å². The van der Waals surface area contributed by atoms with Gasteiger partial charge in [0.1, 0.15) is 0 Å². The standard InChI is InChI=1S/C28H38N4O3/c1-3-17-32(18-4-2)28(35)22-9-8-12-25(19-22)29-20-26(33)30-24-15-13-21(14-16-24)27(34)31-23-10-6-5-7-11-23/h8-9,12-16,19,23,29H,3-7,10-11,17-18,20H2,1-2H3,(H,30,33)(H,31,34). The van der Waals surface area contributed by atoms with Gasteiger partial charge in [-0.05, 0) is 68.1 Å². The first-order chi connectivity index (χ1) is 17.0. The van der Waals surface area contributed by atoms with Gasteiger partial charge >= 0.3 is 0 Å². The molecule has 7 heteroatoms. The van der Waals surface area contributed by atoms with Crippen molar-refractivity contribution < 1.29 is 14.4 Å². The fourth-order valence-corrected chi connectivity index (χ4v) is 4.41. The van der Waals surface area contributed by atoms with Crippen LogP contribution in [0.2, 0.25) is 0 Å². The second-order valence-corrected chi connectivity index (χ2v) is 9.16. The van der Waals surface area contributed by atoms with Crippen molar-refractivity contribution in [1.82, 2.24) is 10.2 Å². The van der Waals surface area contributed by atoms with Crippen LogP contribution in [0.3, 0.4) is 0 Å². The largest absolute Gasteiger partial charge is 0.376 e. The molecule has 3 N–H and O–H groups in total. The minimum absolute atomic E-state index is 0.00872. The third-order valence-corrected chi connectivity index (χ3v) is 6.21. The second kappa shape index (κ2) is 13.5. The molecule has 0 bridgehead atoms. The lowest BCUT2D eigenvalue weighted by Crippen LogP contribution is -2.36. The molecule has 0 unspecified atom stereocenters. The van der Waals surface area contributed by atoms with Crippen LogP contribution in [-0.2, 0) is 4.79 Å². The zero-order valence-electron chi connectivity index (χ0n) is 20.9. The summed E-state index contributed by atoms with van der Waals surface area (Å²) in [7, 11) is 0. The van der Waals surface area contributed by atoms with Crippen LogP contribution in [-0.4, -0.2) is 48.3 Å². The number of nitrogens with one attached hydrogen (secondary N) is 3. The lowest BCUT2D eigenvalue weighted by molar-refractivity contribution is -0.114. The zero-order chi connectivity index (χ0) is 25.0. The van der Waals surface area contributed by atoms with Crippen LogP contribution in [0, 0.1) is 0 Å². The van der Waals surface area contributed by atoms with Crippen LogP contribution in [0.25, 0.3) is 0 Å². The monoisotopic (exact) mass is 478 g/mol. The Morgan fingerprint density at radius 3 is 2.20 bits per heavy atom. The summed E-state index contributed by atoms with van der Waals surface area (Å²) >= 11 is 0. The van der Waals surface area contributed by atoms with E-state index in [4.69, 9.17) is 0 Å². The molecule has 188 valence electrons. The summed E-state index contributed by atoms with van der Waals surface area (Å²) in [6.07, 6.45) is 7.49. The van der Waals surface area contributed by atoms with E-state index in [1.54, 1.807) is 36.4 Å². The number of amides is 3. The number of carbonyl (C=O) groups is 3. The molecule has 1 aliphatic carbocycles. The van der Waals surface area contributed by atoms with Gasteiger partial charge in [-0.25, -0.2) is 0 Å². The Morgan fingerprint density at radius 2 is 1.54 bits per heavy atom. The topological polar surface area (TPSA) is 90.5 Å². The second-order valence-electron chi connectivity index (χ2n) is 9.16. The highest BCUT2D eigenvalue weighted by molar-refractivity contribution is 5.97. The minimum atomic E-state index is -0.209. The average Bonchev–Trinajstić information content (AvgIpc) is 2.88. The third-order valence-electron chi connectivity index (χ3n) is 6.21. The first-order valence-corrected chi connectivity index (χ1v) is 12.8. The lowest BCUT2D eigenvalue weighted by atomic mass is 9.95. The first-order valence-electron chi connectivity index (χ1n) is 12.8. The third kappa shape index (κ3) is 8.12. The molecule has 7 nitrogen and oxygen atoms in total. The Labute approximate surface area is 208 Å². The van der Waals surface area contributed by atoms with Crippen molar-refractivity contribution in [2.75, 3.05) is 30.3 Å². The molecular formula is C28H38N4O3. The van der Waals surface area contributed by atoms with Crippen molar-refractivity contribution in [2.24, 2.45) is 0 Å². The number of hydrogen-bond acceptors (Lipinski definition) is 4. The van der Waals surface area contributed by atoms with Crippen LogP contribution in [0.5, 0.6) is 0 Å². The lowest BCUT2D eigenvalue weighted by Gasteiger charge is -2.22. The normalized spacial score (nSPS) is 13.7. The van der Waals surface area contributed by atoms with E-state index >= 15 is 0 Å². The molecule has 0 aliphatic heterocycles. The van der Waals surface area contributed by atoms with Gasteiger partial charge in [-0.2, -0.15) is 0 Å². The quantitative estimate of drug-likeness (QED) is 0.421. The highest BCUT2D eigenvalue weighted by Crippen LogP contribution is 2.18. The predicted molar refractivity (Wildman–Crippen MR) is 141 cm³/mol. The molecule has 0 saturated heterocycles. The van der Waals surface area contributed by atoms with Crippen molar-refractivity contribution in [1.29, 1.82) is 0 Å². The van der Waals surface area contributed by atoms with Crippen LogP contribution in [0.15, 0.2) is 48.5 Å². The van der Waals surface area contributed by atoms with Gasteiger partial charge in [-0.3, -0.25) is 14.4 Å². The molecule has 0 aromatic heterocycles. The van der Waals surface area contributed by atoms with E-state index in [1.165, 1.54) is 19.3 Å². The Hall–Kier alpha value is -3.35. The predicted octanol–water partition coefficient (Wildman–Crippen LogP) is 5.06. The minimum Gasteiger partial charge on any atom is -0.376 e. The smallest absolute Gasteiger partial charge is 0.253 e. The summed E-state index contributed by atoms with van der Waals surface area (Å²) in [5.41, 5.74) is 2.55. The maximum Gasteiger partial charge on any atom is 0.253 e. The summed E-state index contributed by atoms with van der Waals surface area (Å²) in [4.78, 5) is 39.6. The van der Waals surface area contributed by atoms with E-state index in [9.17, 15) is 14.4 Å². The van der Waals surface area contributed by atoms with Gasteiger partial charge in [-0.15, -0.1) is 0 Å². The van der Waals surface area contributed by atoms with Gasteiger partial charge in [-0.1, -0.05) is 39.2 Å². The molecule has 2 aromatic rings. The zero-order valence-corrected chi connectivity index (χ0v) is 20.9.